The summed E-state index contributed by atoms with van der Waals surface area (Å²) < 4.78 is 5.07. The molecule has 3 heteroatoms. The van der Waals surface area contributed by atoms with Gasteiger partial charge in [-0.2, -0.15) is 0 Å². The molecule has 0 aliphatic rings. The van der Waals surface area contributed by atoms with Gasteiger partial charge in [-0.15, -0.1) is 0 Å². The van der Waals surface area contributed by atoms with Crippen LogP contribution in [0.1, 0.15) is 17.2 Å². The van der Waals surface area contributed by atoms with Crippen LogP contribution in [0.5, 0.6) is 0 Å². The van der Waals surface area contributed by atoms with Crippen molar-refractivity contribution in [2.24, 2.45) is 5.73 Å². The van der Waals surface area contributed by atoms with Gasteiger partial charge in [-0.1, -0.05) is 18.2 Å². The van der Waals surface area contributed by atoms with E-state index in [9.17, 15) is 0 Å². The van der Waals surface area contributed by atoms with Crippen molar-refractivity contribution < 1.29 is 4.42 Å². The molecule has 0 saturated carbocycles. The first-order chi connectivity index (χ1) is 7.81. The Kier molecular flexibility index (Phi) is 3.27. The summed E-state index contributed by atoms with van der Waals surface area (Å²) >= 11 is 0. The highest BCUT2D eigenvalue weighted by Crippen LogP contribution is 2.21. The molecule has 0 fully saturated rings. The average molecular weight is 216 g/mol. The Morgan fingerprint density at radius 1 is 1.31 bits per heavy atom. The molecule has 84 valence electrons. The van der Waals surface area contributed by atoms with Gasteiger partial charge >= 0.3 is 0 Å². The van der Waals surface area contributed by atoms with E-state index >= 15 is 0 Å². The topological polar surface area (TPSA) is 51.2 Å². The SMILES string of the molecule is Cc1ccccc1NC(CN)c1ccoc1. The zero-order chi connectivity index (χ0) is 11.4. The maximum Gasteiger partial charge on any atom is 0.0955 e. The van der Waals surface area contributed by atoms with Crippen LogP contribution >= 0.6 is 0 Å². The van der Waals surface area contributed by atoms with E-state index in [2.05, 4.69) is 24.4 Å². The van der Waals surface area contributed by atoms with Crippen molar-refractivity contribution in [2.45, 2.75) is 13.0 Å². The second kappa shape index (κ2) is 4.86. The molecule has 0 radical (unpaired) electrons. The molecule has 0 aliphatic carbocycles. The van der Waals surface area contributed by atoms with E-state index in [0.29, 0.717) is 6.54 Å². The lowest BCUT2D eigenvalue weighted by Crippen LogP contribution is -2.20. The van der Waals surface area contributed by atoms with Gasteiger partial charge in [-0.25, -0.2) is 0 Å². The fraction of sp³-hybridized carbons (Fsp3) is 0.231. The van der Waals surface area contributed by atoms with Gasteiger partial charge in [0, 0.05) is 17.8 Å². The van der Waals surface area contributed by atoms with Crippen molar-refractivity contribution in [3.63, 3.8) is 0 Å². The van der Waals surface area contributed by atoms with Crippen molar-refractivity contribution in [1.29, 1.82) is 0 Å². The lowest BCUT2D eigenvalue weighted by molar-refractivity contribution is 0.561. The Morgan fingerprint density at radius 3 is 2.75 bits per heavy atom. The maximum absolute atomic E-state index is 5.76. The van der Waals surface area contributed by atoms with E-state index in [-0.39, 0.29) is 6.04 Å². The molecule has 2 aromatic rings. The maximum atomic E-state index is 5.76. The third kappa shape index (κ3) is 2.25. The fourth-order valence-electron chi connectivity index (χ4n) is 1.67. The summed E-state index contributed by atoms with van der Waals surface area (Å²) in [4.78, 5) is 0. The van der Waals surface area contributed by atoms with E-state index in [4.69, 9.17) is 10.2 Å². The van der Waals surface area contributed by atoms with Crippen LogP contribution in [0.25, 0.3) is 0 Å². The van der Waals surface area contributed by atoms with Gasteiger partial charge in [0.05, 0.1) is 18.6 Å². The van der Waals surface area contributed by atoms with E-state index in [1.54, 1.807) is 12.5 Å². The van der Waals surface area contributed by atoms with E-state index in [0.717, 1.165) is 11.3 Å². The van der Waals surface area contributed by atoms with Gasteiger partial charge in [0.2, 0.25) is 0 Å². The number of anilines is 1. The number of benzene rings is 1. The number of rotatable bonds is 4. The summed E-state index contributed by atoms with van der Waals surface area (Å²) in [5.41, 5.74) is 9.16. The highest BCUT2D eigenvalue weighted by molar-refractivity contribution is 5.51. The van der Waals surface area contributed by atoms with E-state index < -0.39 is 0 Å². The van der Waals surface area contributed by atoms with E-state index in [1.165, 1.54) is 5.56 Å². The molecule has 1 unspecified atom stereocenters. The molecule has 3 N–H and O–H groups in total. The lowest BCUT2D eigenvalue weighted by atomic mass is 10.1. The first-order valence-electron chi connectivity index (χ1n) is 5.35. The molecule has 0 bridgehead atoms. The first-order valence-corrected chi connectivity index (χ1v) is 5.35. The summed E-state index contributed by atoms with van der Waals surface area (Å²) in [5, 5.41) is 3.41. The fourth-order valence-corrected chi connectivity index (χ4v) is 1.67. The molecule has 1 aromatic carbocycles. The van der Waals surface area contributed by atoms with Crippen molar-refractivity contribution in [1.82, 2.24) is 0 Å². The molecule has 0 aliphatic heterocycles. The zero-order valence-corrected chi connectivity index (χ0v) is 9.31. The number of hydrogen-bond acceptors (Lipinski definition) is 3. The highest BCUT2D eigenvalue weighted by Gasteiger charge is 2.11. The molecule has 0 spiro atoms. The second-order valence-corrected chi connectivity index (χ2v) is 3.80. The van der Waals surface area contributed by atoms with Gasteiger partial charge in [-0.05, 0) is 24.6 Å². The minimum atomic E-state index is 0.0971. The third-order valence-electron chi connectivity index (χ3n) is 2.66. The molecule has 3 nitrogen and oxygen atoms in total. The van der Waals surface area contributed by atoms with E-state index in [1.807, 2.05) is 18.2 Å². The van der Waals surface area contributed by atoms with Crippen LogP contribution < -0.4 is 11.1 Å². The molecule has 0 amide bonds. The Balaban J connectivity index is 2.17. The number of para-hydroxylation sites is 1. The minimum absolute atomic E-state index is 0.0971. The molecular formula is C13H16N2O. The minimum Gasteiger partial charge on any atom is -0.472 e. The predicted octanol–water partition coefficient (Wildman–Crippen LogP) is 2.70. The van der Waals surface area contributed by atoms with Crippen LogP contribution in [0.4, 0.5) is 5.69 Å². The summed E-state index contributed by atoms with van der Waals surface area (Å²) in [6.45, 7) is 2.61. The summed E-state index contributed by atoms with van der Waals surface area (Å²) in [6, 6.07) is 10.2. The largest absolute Gasteiger partial charge is 0.472 e. The molecule has 1 atom stereocenters. The molecule has 1 heterocycles. The quantitative estimate of drug-likeness (QED) is 0.826. The van der Waals surface area contributed by atoms with Gasteiger partial charge in [-0.3, -0.25) is 0 Å². The van der Waals surface area contributed by atoms with Crippen LogP contribution in [-0.4, -0.2) is 6.54 Å². The van der Waals surface area contributed by atoms with Gasteiger partial charge in [0.25, 0.3) is 0 Å². The van der Waals surface area contributed by atoms with Crippen molar-refractivity contribution in [3.05, 3.63) is 54.0 Å². The van der Waals surface area contributed by atoms with Gasteiger partial charge < -0.3 is 15.5 Å². The molecule has 2 rings (SSSR count). The number of aryl methyl sites for hydroxylation is 1. The number of nitrogens with two attached hydrogens (primary N) is 1. The molecular weight excluding hydrogens is 200 g/mol. The van der Waals surface area contributed by atoms with Crippen LogP contribution in [0.2, 0.25) is 0 Å². The van der Waals surface area contributed by atoms with Crippen LogP contribution in [0.3, 0.4) is 0 Å². The Labute approximate surface area is 95.3 Å². The Morgan fingerprint density at radius 2 is 2.12 bits per heavy atom. The molecule has 16 heavy (non-hydrogen) atoms. The Hall–Kier alpha value is -1.74. The third-order valence-corrected chi connectivity index (χ3v) is 2.66. The summed E-state index contributed by atoms with van der Waals surface area (Å²) in [7, 11) is 0. The van der Waals surface area contributed by atoms with Crippen molar-refractivity contribution >= 4 is 5.69 Å². The normalized spacial score (nSPS) is 12.4. The first kappa shape index (κ1) is 10.8. The van der Waals surface area contributed by atoms with Crippen LogP contribution in [0.15, 0.2) is 47.3 Å². The average Bonchev–Trinajstić information content (AvgIpc) is 2.81. The summed E-state index contributed by atoms with van der Waals surface area (Å²) in [5.74, 6) is 0. The molecule has 0 saturated heterocycles. The van der Waals surface area contributed by atoms with Gasteiger partial charge in [0.1, 0.15) is 0 Å². The number of furan rings is 1. The number of nitrogens with one attached hydrogen (secondary N) is 1. The number of hydrogen-bond donors (Lipinski definition) is 2. The standard InChI is InChI=1S/C13H16N2O/c1-10-4-2-3-5-12(10)15-13(8-14)11-6-7-16-9-11/h2-7,9,13,15H,8,14H2,1H3. The Bertz CT molecular complexity index is 437. The molecule has 1 aromatic heterocycles. The zero-order valence-electron chi connectivity index (χ0n) is 9.31. The lowest BCUT2D eigenvalue weighted by Gasteiger charge is -2.18. The summed E-state index contributed by atoms with van der Waals surface area (Å²) in [6.07, 6.45) is 3.39. The predicted molar refractivity (Wildman–Crippen MR) is 65.3 cm³/mol. The second-order valence-electron chi connectivity index (χ2n) is 3.80. The van der Waals surface area contributed by atoms with Crippen molar-refractivity contribution in [2.75, 3.05) is 11.9 Å². The monoisotopic (exact) mass is 216 g/mol. The van der Waals surface area contributed by atoms with Crippen LogP contribution in [0, 0.1) is 6.92 Å². The van der Waals surface area contributed by atoms with Gasteiger partial charge in [0.15, 0.2) is 0 Å². The smallest absolute Gasteiger partial charge is 0.0955 e. The highest BCUT2D eigenvalue weighted by atomic mass is 16.3. The van der Waals surface area contributed by atoms with Crippen molar-refractivity contribution in [3.8, 4) is 0 Å². The van der Waals surface area contributed by atoms with Crippen LogP contribution in [-0.2, 0) is 0 Å².